The molecule has 0 unspecified atom stereocenters. The number of aromatic nitrogens is 4. The maximum absolute atomic E-state index is 4.72. The van der Waals surface area contributed by atoms with Crippen molar-refractivity contribution in [2.75, 3.05) is 12.4 Å². The van der Waals surface area contributed by atoms with Gasteiger partial charge in [0.1, 0.15) is 17.5 Å². The molecule has 3 rings (SSSR count). The van der Waals surface area contributed by atoms with E-state index in [1.54, 1.807) is 0 Å². The van der Waals surface area contributed by atoms with Crippen LogP contribution in [0.4, 0.5) is 5.82 Å². The number of anilines is 1. The van der Waals surface area contributed by atoms with Crippen LogP contribution in [0.15, 0.2) is 24.3 Å². The molecule has 1 aromatic carbocycles. The van der Waals surface area contributed by atoms with E-state index in [1.165, 1.54) is 0 Å². The monoisotopic (exact) mass is 281 g/mol. The lowest BCUT2D eigenvalue weighted by atomic mass is 10.1. The Balaban J connectivity index is 2.06. The number of fused-ring (bicyclic) bond motifs is 1. The minimum atomic E-state index is 0.703. The molecular weight excluding hydrogens is 262 g/mol. The third-order valence-electron chi connectivity index (χ3n) is 3.80. The normalized spacial score (nSPS) is 11.0. The summed E-state index contributed by atoms with van der Waals surface area (Å²) in [6.07, 6.45) is 0.703. The van der Waals surface area contributed by atoms with Crippen LogP contribution in [0.25, 0.3) is 11.0 Å². The Morgan fingerprint density at radius 2 is 1.86 bits per heavy atom. The third kappa shape index (κ3) is 2.35. The molecule has 0 amide bonds. The lowest BCUT2D eigenvalue weighted by molar-refractivity contribution is 0.818. The Morgan fingerprint density at radius 1 is 1.10 bits per heavy atom. The van der Waals surface area contributed by atoms with Gasteiger partial charge in [-0.15, -0.1) is 0 Å². The molecule has 0 aliphatic carbocycles. The number of benzene rings is 1. The SMILES string of the molecule is CNc1nc(C)nc(Cc2nc3ccccc3n2C)c1C. The van der Waals surface area contributed by atoms with E-state index in [2.05, 4.69) is 25.9 Å². The molecule has 5 heteroatoms. The highest BCUT2D eigenvalue weighted by atomic mass is 15.1. The van der Waals surface area contributed by atoms with Crippen molar-refractivity contribution in [2.24, 2.45) is 7.05 Å². The van der Waals surface area contributed by atoms with Gasteiger partial charge in [0.2, 0.25) is 0 Å². The highest BCUT2D eigenvalue weighted by Gasteiger charge is 2.13. The molecule has 2 heterocycles. The first kappa shape index (κ1) is 13.5. The molecule has 0 fully saturated rings. The van der Waals surface area contributed by atoms with Crippen molar-refractivity contribution in [1.29, 1.82) is 0 Å². The molecule has 1 N–H and O–H groups in total. The molecule has 0 aliphatic rings. The molecule has 2 aromatic heterocycles. The summed E-state index contributed by atoms with van der Waals surface area (Å²) in [5, 5.41) is 3.13. The summed E-state index contributed by atoms with van der Waals surface area (Å²) in [6.45, 7) is 3.96. The van der Waals surface area contributed by atoms with E-state index in [-0.39, 0.29) is 0 Å². The molecule has 0 aliphatic heterocycles. The lowest BCUT2D eigenvalue weighted by Crippen LogP contribution is -2.08. The average molecular weight is 281 g/mol. The minimum absolute atomic E-state index is 0.703. The quantitative estimate of drug-likeness (QED) is 0.802. The second-order valence-electron chi connectivity index (χ2n) is 5.19. The van der Waals surface area contributed by atoms with E-state index in [9.17, 15) is 0 Å². The standard InChI is InChI=1S/C16H19N5/c1-10-13(18-11(2)19-16(10)17-3)9-15-20-12-7-5-6-8-14(12)21(15)4/h5-8H,9H2,1-4H3,(H,17,18,19). The van der Waals surface area contributed by atoms with E-state index in [0.717, 1.165) is 39.8 Å². The lowest BCUT2D eigenvalue weighted by Gasteiger charge is -2.10. The summed E-state index contributed by atoms with van der Waals surface area (Å²) < 4.78 is 2.13. The first-order chi connectivity index (χ1) is 10.1. The van der Waals surface area contributed by atoms with Crippen LogP contribution in [-0.2, 0) is 13.5 Å². The number of nitrogens with zero attached hydrogens (tertiary/aromatic N) is 4. The zero-order valence-electron chi connectivity index (χ0n) is 12.8. The third-order valence-corrected chi connectivity index (χ3v) is 3.80. The minimum Gasteiger partial charge on any atom is -0.373 e. The van der Waals surface area contributed by atoms with Crippen LogP contribution in [0.3, 0.4) is 0 Å². The number of nitrogens with one attached hydrogen (secondary N) is 1. The topological polar surface area (TPSA) is 55.6 Å². The van der Waals surface area contributed by atoms with Crippen LogP contribution < -0.4 is 5.32 Å². The van der Waals surface area contributed by atoms with E-state index in [0.29, 0.717) is 6.42 Å². The Labute approximate surface area is 124 Å². The van der Waals surface area contributed by atoms with Crippen LogP contribution >= 0.6 is 0 Å². The summed E-state index contributed by atoms with van der Waals surface area (Å²) in [6, 6.07) is 8.17. The zero-order chi connectivity index (χ0) is 15.0. The van der Waals surface area contributed by atoms with Crippen molar-refractivity contribution in [1.82, 2.24) is 19.5 Å². The van der Waals surface area contributed by atoms with E-state index < -0.39 is 0 Å². The van der Waals surface area contributed by atoms with Gasteiger partial charge in [0.15, 0.2) is 0 Å². The summed E-state index contributed by atoms with van der Waals surface area (Å²) in [4.78, 5) is 13.7. The Kier molecular flexibility index (Phi) is 3.33. The summed E-state index contributed by atoms with van der Waals surface area (Å²) in [5.74, 6) is 2.68. The highest BCUT2D eigenvalue weighted by molar-refractivity contribution is 5.75. The van der Waals surface area contributed by atoms with E-state index in [1.807, 2.05) is 46.1 Å². The van der Waals surface area contributed by atoms with Gasteiger partial charge in [-0.1, -0.05) is 12.1 Å². The fourth-order valence-corrected chi connectivity index (χ4v) is 2.61. The Hall–Kier alpha value is -2.43. The Bertz CT molecular complexity index is 804. The maximum Gasteiger partial charge on any atom is 0.132 e. The number of hydrogen-bond donors (Lipinski definition) is 1. The van der Waals surface area contributed by atoms with Gasteiger partial charge in [0, 0.05) is 26.1 Å². The highest BCUT2D eigenvalue weighted by Crippen LogP contribution is 2.20. The molecule has 0 radical (unpaired) electrons. The Morgan fingerprint density at radius 3 is 2.57 bits per heavy atom. The van der Waals surface area contributed by atoms with E-state index >= 15 is 0 Å². The van der Waals surface area contributed by atoms with Gasteiger partial charge in [-0.3, -0.25) is 0 Å². The van der Waals surface area contributed by atoms with Crippen LogP contribution in [0.5, 0.6) is 0 Å². The largest absolute Gasteiger partial charge is 0.373 e. The van der Waals surface area contributed by atoms with Gasteiger partial charge in [-0.25, -0.2) is 15.0 Å². The second kappa shape index (κ2) is 5.16. The molecule has 0 spiro atoms. The number of rotatable bonds is 3. The van der Waals surface area contributed by atoms with Crippen molar-refractivity contribution in [3.63, 3.8) is 0 Å². The van der Waals surface area contributed by atoms with Crippen molar-refractivity contribution in [3.8, 4) is 0 Å². The predicted octanol–water partition coefficient (Wildman–Crippen LogP) is 2.61. The van der Waals surface area contributed by atoms with Gasteiger partial charge in [0.25, 0.3) is 0 Å². The molecule has 108 valence electrons. The number of para-hydroxylation sites is 2. The maximum atomic E-state index is 4.72. The van der Waals surface area contributed by atoms with Gasteiger partial charge in [0.05, 0.1) is 16.7 Å². The molecule has 3 aromatic rings. The van der Waals surface area contributed by atoms with Crippen molar-refractivity contribution in [3.05, 3.63) is 47.2 Å². The van der Waals surface area contributed by atoms with Crippen LogP contribution in [0, 0.1) is 13.8 Å². The number of hydrogen-bond acceptors (Lipinski definition) is 4. The fourth-order valence-electron chi connectivity index (χ4n) is 2.61. The molecule has 21 heavy (non-hydrogen) atoms. The van der Waals surface area contributed by atoms with Crippen molar-refractivity contribution >= 4 is 16.9 Å². The second-order valence-corrected chi connectivity index (χ2v) is 5.19. The van der Waals surface area contributed by atoms with Gasteiger partial charge < -0.3 is 9.88 Å². The number of aryl methyl sites for hydroxylation is 2. The molecule has 0 saturated heterocycles. The first-order valence-electron chi connectivity index (χ1n) is 7.02. The van der Waals surface area contributed by atoms with Gasteiger partial charge >= 0.3 is 0 Å². The zero-order valence-corrected chi connectivity index (χ0v) is 12.8. The van der Waals surface area contributed by atoms with Crippen LogP contribution in [-0.4, -0.2) is 26.6 Å². The smallest absolute Gasteiger partial charge is 0.132 e. The fraction of sp³-hybridized carbons (Fsp3) is 0.312. The molecule has 0 bridgehead atoms. The van der Waals surface area contributed by atoms with Crippen LogP contribution in [0.1, 0.15) is 22.9 Å². The summed E-state index contributed by atoms with van der Waals surface area (Å²) >= 11 is 0. The summed E-state index contributed by atoms with van der Waals surface area (Å²) in [5.41, 5.74) is 4.26. The van der Waals surface area contributed by atoms with E-state index in [4.69, 9.17) is 4.98 Å². The summed E-state index contributed by atoms with van der Waals surface area (Å²) in [7, 11) is 3.93. The molecule has 5 nitrogen and oxygen atoms in total. The van der Waals surface area contributed by atoms with Crippen LogP contribution in [0.2, 0.25) is 0 Å². The number of imidazole rings is 1. The van der Waals surface area contributed by atoms with Crippen molar-refractivity contribution < 1.29 is 0 Å². The predicted molar refractivity (Wildman–Crippen MR) is 84.6 cm³/mol. The molecule has 0 atom stereocenters. The van der Waals surface area contributed by atoms with Crippen molar-refractivity contribution in [2.45, 2.75) is 20.3 Å². The first-order valence-corrected chi connectivity index (χ1v) is 7.02. The van der Waals surface area contributed by atoms with Gasteiger partial charge in [-0.05, 0) is 26.0 Å². The molecule has 0 saturated carbocycles. The average Bonchev–Trinajstić information content (AvgIpc) is 2.79. The molecular formula is C16H19N5. The van der Waals surface area contributed by atoms with Gasteiger partial charge in [-0.2, -0.15) is 0 Å².